The van der Waals surface area contributed by atoms with Gasteiger partial charge in [-0.15, -0.1) is 0 Å². The van der Waals surface area contributed by atoms with E-state index in [1.165, 1.54) is 0 Å². The number of phenolic OH excluding ortho intramolecular Hbond substituents is 1. The highest BCUT2D eigenvalue weighted by atomic mass is 16.3. The molecule has 0 aliphatic carbocycles. The van der Waals surface area contributed by atoms with Gasteiger partial charge in [0.15, 0.2) is 0 Å². The summed E-state index contributed by atoms with van der Waals surface area (Å²) >= 11 is 0. The van der Waals surface area contributed by atoms with Crippen LogP contribution in [-0.4, -0.2) is 16.0 Å². The first-order valence-electron chi connectivity index (χ1n) is 6.35. The number of aromatic amines is 1. The average Bonchev–Trinajstić information content (AvgIpc) is 2.89. The molecule has 100 valence electrons. The van der Waals surface area contributed by atoms with Gasteiger partial charge in [0.05, 0.1) is 6.42 Å². The maximum absolute atomic E-state index is 12.0. The van der Waals surface area contributed by atoms with Crippen molar-refractivity contribution >= 4 is 22.5 Å². The van der Waals surface area contributed by atoms with Crippen LogP contribution in [0, 0.1) is 0 Å². The molecule has 1 aromatic heterocycles. The van der Waals surface area contributed by atoms with Crippen LogP contribution in [0.3, 0.4) is 0 Å². The molecule has 1 amide bonds. The summed E-state index contributed by atoms with van der Waals surface area (Å²) in [5.74, 6) is 0.123. The van der Waals surface area contributed by atoms with Crippen LogP contribution in [0.1, 0.15) is 5.56 Å². The van der Waals surface area contributed by atoms with E-state index in [1.807, 2.05) is 30.5 Å². The Morgan fingerprint density at radius 1 is 1.10 bits per heavy atom. The third kappa shape index (κ3) is 2.64. The van der Waals surface area contributed by atoms with Gasteiger partial charge in [0.1, 0.15) is 5.75 Å². The largest absolute Gasteiger partial charge is 0.508 e. The normalized spacial score (nSPS) is 10.6. The summed E-state index contributed by atoms with van der Waals surface area (Å²) in [4.78, 5) is 15.1. The number of hydrogen-bond donors (Lipinski definition) is 3. The number of H-pyrrole nitrogens is 1. The van der Waals surface area contributed by atoms with E-state index in [4.69, 9.17) is 0 Å². The summed E-state index contributed by atoms with van der Waals surface area (Å²) in [7, 11) is 0. The number of carbonyl (C=O) groups excluding carboxylic acids is 1. The first-order valence-corrected chi connectivity index (χ1v) is 6.35. The molecule has 0 aliphatic heterocycles. The number of hydrogen-bond acceptors (Lipinski definition) is 2. The Morgan fingerprint density at radius 2 is 1.90 bits per heavy atom. The Morgan fingerprint density at radius 3 is 2.70 bits per heavy atom. The van der Waals surface area contributed by atoms with Gasteiger partial charge >= 0.3 is 0 Å². The number of carbonyl (C=O) groups is 1. The SMILES string of the molecule is O=C(Cc1ccc(O)cc1)Nc1ccc2[nH]ccc2c1. The van der Waals surface area contributed by atoms with Crippen LogP contribution in [-0.2, 0) is 11.2 Å². The summed E-state index contributed by atoms with van der Waals surface area (Å²) in [5.41, 5.74) is 2.69. The van der Waals surface area contributed by atoms with Crippen molar-refractivity contribution in [3.05, 3.63) is 60.3 Å². The van der Waals surface area contributed by atoms with Gasteiger partial charge in [-0.2, -0.15) is 0 Å². The maximum Gasteiger partial charge on any atom is 0.228 e. The highest BCUT2D eigenvalue weighted by Crippen LogP contribution is 2.18. The Hall–Kier alpha value is -2.75. The molecule has 0 fully saturated rings. The molecular weight excluding hydrogens is 252 g/mol. The molecule has 20 heavy (non-hydrogen) atoms. The number of benzene rings is 2. The minimum Gasteiger partial charge on any atom is -0.508 e. The van der Waals surface area contributed by atoms with Crippen LogP contribution in [0.4, 0.5) is 5.69 Å². The number of amides is 1. The zero-order valence-corrected chi connectivity index (χ0v) is 10.8. The molecule has 3 N–H and O–H groups in total. The molecule has 0 aliphatic rings. The topological polar surface area (TPSA) is 65.1 Å². The number of aromatic hydroxyl groups is 1. The number of fused-ring (bicyclic) bond motifs is 1. The summed E-state index contributed by atoms with van der Waals surface area (Å²) in [6, 6.07) is 14.3. The highest BCUT2D eigenvalue weighted by molar-refractivity contribution is 5.94. The predicted octanol–water partition coefficient (Wildman–Crippen LogP) is 3.05. The van der Waals surface area contributed by atoms with E-state index in [-0.39, 0.29) is 18.1 Å². The van der Waals surface area contributed by atoms with Crippen molar-refractivity contribution in [1.82, 2.24) is 4.98 Å². The number of phenols is 1. The molecule has 0 atom stereocenters. The van der Waals surface area contributed by atoms with Gasteiger partial charge in [-0.05, 0) is 42.0 Å². The fraction of sp³-hybridized carbons (Fsp3) is 0.0625. The molecule has 2 aromatic carbocycles. The number of nitrogens with one attached hydrogen (secondary N) is 2. The summed E-state index contributed by atoms with van der Waals surface area (Å²) in [6.07, 6.45) is 2.15. The molecule has 3 aromatic rings. The first kappa shape index (κ1) is 12.3. The second-order valence-electron chi connectivity index (χ2n) is 4.67. The summed E-state index contributed by atoms with van der Waals surface area (Å²) < 4.78 is 0. The van der Waals surface area contributed by atoms with E-state index in [1.54, 1.807) is 24.3 Å². The lowest BCUT2D eigenvalue weighted by Crippen LogP contribution is -2.14. The predicted molar refractivity (Wildman–Crippen MR) is 78.7 cm³/mol. The zero-order chi connectivity index (χ0) is 13.9. The molecule has 3 rings (SSSR count). The van der Waals surface area contributed by atoms with Gasteiger partial charge < -0.3 is 15.4 Å². The van der Waals surface area contributed by atoms with Crippen molar-refractivity contribution < 1.29 is 9.90 Å². The van der Waals surface area contributed by atoms with Crippen molar-refractivity contribution in [2.75, 3.05) is 5.32 Å². The lowest BCUT2D eigenvalue weighted by Gasteiger charge is -2.06. The highest BCUT2D eigenvalue weighted by Gasteiger charge is 2.05. The van der Waals surface area contributed by atoms with Crippen molar-refractivity contribution in [3.8, 4) is 5.75 Å². The van der Waals surface area contributed by atoms with Crippen LogP contribution in [0.25, 0.3) is 10.9 Å². The number of rotatable bonds is 3. The lowest BCUT2D eigenvalue weighted by molar-refractivity contribution is -0.115. The molecule has 0 bridgehead atoms. The van der Waals surface area contributed by atoms with Gasteiger partial charge in [-0.1, -0.05) is 12.1 Å². The minimum absolute atomic E-state index is 0.0782. The lowest BCUT2D eigenvalue weighted by atomic mass is 10.1. The molecule has 0 saturated carbocycles. The summed E-state index contributed by atoms with van der Waals surface area (Å²) in [5, 5.41) is 13.1. The van der Waals surface area contributed by atoms with Gasteiger partial charge in [0.25, 0.3) is 0 Å². The van der Waals surface area contributed by atoms with E-state index in [0.29, 0.717) is 0 Å². The quantitative estimate of drug-likeness (QED) is 0.682. The van der Waals surface area contributed by atoms with Crippen molar-refractivity contribution in [3.63, 3.8) is 0 Å². The smallest absolute Gasteiger partial charge is 0.228 e. The van der Waals surface area contributed by atoms with Gasteiger partial charge in [-0.3, -0.25) is 4.79 Å². The summed E-state index contributed by atoms with van der Waals surface area (Å²) in [6.45, 7) is 0. The monoisotopic (exact) mass is 266 g/mol. The van der Waals surface area contributed by atoms with Gasteiger partial charge in [-0.25, -0.2) is 0 Å². The van der Waals surface area contributed by atoms with E-state index < -0.39 is 0 Å². The van der Waals surface area contributed by atoms with Crippen LogP contribution < -0.4 is 5.32 Å². The Balaban J connectivity index is 1.70. The molecule has 0 radical (unpaired) electrons. The molecule has 0 spiro atoms. The fourth-order valence-electron chi connectivity index (χ4n) is 2.14. The van der Waals surface area contributed by atoms with E-state index in [9.17, 15) is 9.90 Å². The number of aromatic nitrogens is 1. The third-order valence-corrected chi connectivity index (χ3v) is 3.14. The van der Waals surface area contributed by atoms with Crippen LogP contribution >= 0.6 is 0 Å². The van der Waals surface area contributed by atoms with Crippen molar-refractivity contribution in [2.24, 2.45) is 0 Å². The van der Waals surface area contributed by atoms with E-state index in [2.05, 4.69) is 10.3 Å². The van der Waals surface area contributed by atoms with Crippen LogP contribution in [0.2, 0.25) is 0 Å². The van der Waals surface area contributed by atoms with Crippen LogP contribution in [0.5, 0.6) is 5.75 Å². The average molecular weight is 266 g/mol. The zero-order valence-electron chi connectivity index (χ0n) is 10.8. The van der Waals surface area contributed by atoms with E-state index >= 15 is 0 Å². The third-order valence-electron chi connectivity index (χ3n) is 3.14. The molecule has 4 heteroatoms. The molecule has 0 saturated heterocycles. The van der Waals surface area contributed by atoms with Crippen molar-refractivity contribution in [1.29, 1.82) is 0 Å². The van der Waals surface area contributed by atoms with Gasteiger partial charge in [0, 0.05) is 22.8 Å². The molecule has 4 nitrogen and oxygen atoms in total. The first-order chi connectivity index (χ1) is 9.70. The Kier molecular flexibility index (Phi) is 3.13. The van der Waals surface area contributed by atoms with Gasteiger partial charge in [0.2, 0.25) is 5.91 Å². The standard InChI is InChI=1S/C16H14N2O2/c19-14-4-1-11(2-5-14)9-16(20)18-13-3-6-15-12(10-13)7-8-17-15/h1-8,10,17,19H,9H2,(H,18,20). The molecular formula is C16H14N2O2. The second kappa shape index (κ2) is 5.09. The minimum atomic E-state index is -0.0782. The molecule has 1 heterocycles. The van der Waals surface area contributed by atoms with Crippen LogP contribution in [0.15, 0.2) is 54.7 Å². The number of anilines is 1. The fourth-order valence-corrected chi connectivity index (χ4v) is 2.14. The van der Waals surface area contributed by atoms with E-state index in [0.717, 1.165) is 22.2 Å². The van der Waals surface area contributed by atoms with Crippen molar-refractivity contribution in [2.45, 2.75) is 6.42 Å². The Labute approximate surface area is 116 Å². The maximum atomic E-state index is 12.0. The second-order valence-corrected chi connectivity index (χ2v) is 4.67. The Bertz CT molecular complexity index is 745. The molecule has 0 unspecified atom stereocenters.